The van der Waals surface area contributed by atoms with Crippen LogP contribution in [0.1, 0.15) is 43.4 Å². The number of anilines is 2. The van der Waals surface area contributed by atoms with Crippen molar-refractivity contribution in [3.63, 3.8) is 0 Å². The number of phenols is 1. The molecule has 1 fully saturated rings. The highest BCUT2D eigenvalue weighted by molar-refractivity contribution is 6.07. The molecule has 1 aromatic heterocycles. The third kappa shape index (κ3) is 5.34. The van der Waals surface area contributed by atoms with Crippen LogP contribution in [0, 0.1) is 12.7 Å². The number of nitrogens with zero attached hydrogens (tertiary/aromatic N) is 5. The molecule has 39 heavy (non-hydrogen) atoms. The first-order valence-corrected chi connectivity index (χ1v) is 13.0. The molecule has 0 bridgehead atoms. The van der Waals surface area contributed by atoms with Crippen LogP contribution in [0.2, 0.25) is 0 Å². The van der Waals surface area contributed by atoms with Crippen LogP contribution in [0.25, 0.3) is 11.3 Å². The minimum absolute atomic E-state index is 0.0336. The number of piperazine rings is 1. The summed E-state index contributed by atoms with van der Waals surface area (Å²) in [6.45, 7) is 9.49. The van der Waals surface area contributed by atoms with Gasteiger partial charge in [-0.15, -0.1) is 0 Å². The molecule has 2 aromatic carbocycles. The van der Waals surface area contributed by atoms with Gasteiger partial charge in [0.2, 0.25) is 12.8 Å². The van der Waals surface area contributed by atoms with Crippen LogP contribution < -0.4 is 4.90 Å². The lowest BCUT2D eigenvalue weighted by Gasteiger charge is -2.40. The highest BCUT2D eigenvalue weighted by atomic mass is 19.1. The van der Waals surface area contributed by atoms with Crippen LogP contribution in [0.4, 0.5) is 15.9 Å². The summed E-state index contributed by atoms with van der Waals surface area (Å²) < 4.78 is 15.0. The number of halogens is 1. The second-order valence-corrected chi connectivity index (χ2v) is 10.0. The number of carbonyl (C=O) groups excluding carboxylic acids is 2. The van der Waals surface area contributed by atoms with Gasteiger partial charge in [-0.25, -0.2) is 9.37 Å². The van der Waals surface area contributed by atoms with Crippen LogP contribution in [-0.4, -0.2) is 71.3 Å². The SMILES string of the molecule is CN=C(c1cc(C)c(-c2c(O)cccc2F)nc1N(C=O)c1ccccc1C(C)C)N1CCN(C=O)CC1C. The topological polar surface area (TPSA) is 89.3 Å². The number of amides is 2. The van der Waals surface area contributed by atoms with Crippen molar-refractivity contribution in [2.75, 3.05) is 31.6 Å². The van der Waals surface area contributed by atoms with Crippen LogP contribution in [0.3, 0.4) is 0 Å². The van der Waals surface area contributed by atoms with Gasteiger partial charge in [0, 0.05) is 32.7 Å². The van der Waals surface area contributed by atoms with Gasteiger partial charge in [-0.3, -0.25) is 19.5 Å². The number of benzene rings is 2. The fraction of sp³-hybridized carbons (Fsp3) is 0.333. The summed E-state index contributed by atoms with van der Waals surface area (Å²) in [4.78, 5) is 38.9. The van der Waals surface area contributed by atoms with E-state index in [4.69, 9.17) is 4.98 Å². The van der Waals surface area contributed by atoms with Gasteiger partial charge < -0.3 is 14.9 Å². The molecular formula is C30H34FN5O3. The third-order valence-corrected chi connectivity index (χ3v) is 7.11. The first-order valence-electron chi connectivity index (χ1n) is 13.0. The fourth-order valence-corrected chi connectivity index (χ4v) is 5.17. The molecule has 0 spiro atoms. The summed E-state index contributed by atoms with van der Waals surface area (Å²) >= 11 is 0. The van der Waals surface area contributed by atoms with Gasteiger partial charge >= 0.3 is 0 Å². The average molecular weight is 532 g/mol. The van der Waals surface area contributed by atoms with Crippen LogP contribution in [0.15, 0.2) is 53.5 Å². The Kier molecular flexibility index (Phi) is 8.28. The maximum Gasteiger partial charge on any atom is 0.219 e. The minimum Gasteiger partial charge on any atom is -0.507 e. The number of rotatable bonds is 7. The minimum atomic E-state index is -0.618. The highest BCUT2D eigenvalue weighted by Crippen LogP contribution is 2.39. The number of amidine groups is 1. The number of aromatic nitrogens is 1. The summed E-state index contributed by atoms with van der Waals surface area (Å²) in [7, 11) is 1.68. The van der Waals surface area contributed by atoms with E-state index in [2.05, 4.69) is 9.89 Å². The number of hydrogen-bond acceptors (Lipinski definition) is 5. The number of pyridine rings is 1. The summed E-state index contributed by atoms with van der Waals surface area (Å²) in [5, 5.41) is 10.6. The summed E-state index contributed by atoms with van der Waals surface area (Å²) in [5.41, 5.74) is 2.99. The van der Waals surface area contributed by atoms with Gasteiger partial charge in [0.05, 0.1) is 22.5 Å². The normalized spacial score (nSPS) is 16.0. The standard InChI is InChI=1S/C30H34FN5O3/c1-19(2)22-9-6-7-11-25(22)36(18-38)30-23(29(32-5)35-14-13-34(17-37)16-21(35)4)15-20(3)28(33-30)27-24(31)10-8-12-26(27)39/h6-12,15,17-19,21,39H,13-14,16H2,1-5H3. The lowest BCUT2D eigenvalue weighted by Crippen LogP contribution is -2.54. The highest BCUT2D eigenvalue weighted by Gasteiger charge is 2.31. The number of hydrogen-bond donors (Lipinski definition) is 1. The lowest BCUT2D eigenvalue weighted by atomic mass is 9.99. The van der Waals surface area contributed by atoms with Crippen molar-refractivity contribution in [1.29, 1.82) is 0 Å². The quantitative estimate of drug-likeness (QED) is 0.267. The molecule has 1 aliphatic rings. The zero-order valence-electron chi connectivity index (χ0n) is 22.9. The fourth-order valence-electron chi connectivity index (χ4n) is 5.17. The molecule has 3 aromatic rings. The Hall–Kier alpha value is -4.27. The van der Waals surface area contributed by atoms with Gasteiger partial charge in [-0.05, 0) is 55.2 Å². The summed E-state index contributed by atoms with van der Waals surface area (Å²) in [6.07, 6.45) is 1.55. The van der Waals surface area contributed by atoms with Gasteiger partial charge in [0.25, 0.3) is 0 Å². The van der Waals surface area contributed by atoms with Crippen molar-refractivity contribution < 1.29 is 19.1 Å². The van der Waals surface area contributed by atoms with Gasteiger partial charge in [-0.2, -0.15) is 0 Å². The van der Waals surface area contributed by atoms with E-state index < -0.39 is 5.82 Å². The Morgan fingerprint density at radius 2 is 1.92 bits per heavy atom. The smallest absolute Gasteiger partial charge is 0.219 e. The predicted molar refractivity (Wildman–Crippen MR) is 151 cm³/mol. The third-order valence-electron chi connectivity index (χ3n) is 7.11. The van der Waals surface area contributed by atoms with Crippen molar-refractivity contribution in [2.45, 2.75) is 39.7 Å². The number of phenolic OH excluding ortho intramolecular Hbond substituents is 1. The molecule has 4 rings (SSSR count). The molecule has 1 atom stereocenters. The Morgan fingerprint density at radius 1 is 1.18 bits per heavy atom. The molecule has 0 aliphatic carbocycles. The molecule has 1 N–H and O–H groups in total. The zero-order chi connectivity index (χ0) is 28.3. The van der Waals surface area contributed by atoms with Crippen molar-refractivity contribution in [3.8, 4) is 17.0 Å². The van der Waals surface area contributed by atoms with E-state index >= 15 is 4.39 Å². The number of aromatic hydroxyl groups is 1. The predicted octanol–water partition coefficient (Wildman–Crippen LogP) is 4.86. The molecule has 8 nitrogen and oxygen atoms in total. The largest absolute Gasteiger partial charge is 0.507 e. The van der Waals surface area contributed by atoms with Crippen LogP contribution >= 0.6 is 0 Å². The number of carbonyl (C=O) groups is 2. The van der Waals surface area contributed by atoms with E-state index in [1.165, 1.54) is 23.1 Å². The van der Waals surface area contributed by atoms with Crippen molar-refractivity contribution in [2.24, 2.45) is 4.99 Å². The molecule has 1 saturated heterocycles. The second kappa shape index (κ2) is 11.6. The Morgan fingerprint density at radius 3 is 2.54 bits per heavy atom. The first-order chi connectivity index (χ1) is 18.7. The molecule has 2 heterocycles. The van der Waals surface area contributed by atoms with E-state index in [0.29, 0.717) is 48.7 Å². The zero-order valence-corrected chi connectivity index (χ0v) is 22.9. The number of aryl methyl sites for hydroxylation is 1. The summed E-state index contributed by atoms with van der Waals surface area (Å²) in [5.74, 6) is 0.132. The van der Waals surface area contributed by atoms with Gasteiger partial charge in [0.1, 0.15) is 17.4 Å². The van der Waals surface area contributed by atoms with Crippen molar-refractivity contribution in [1.82, 2.24) is 14.8 Å². The Balaban J connectivity index is 1.98. The molecule has 1 aliphatic heterocycles. The van der Waals surface area contributed by atoms with E-state index in [0.717, 1.165) is 12.0 Å². The second-order valence-electron chi connectivity index (χ2n) is 10.0. The maximum atomic E-state index is 15.0. The maximum absolute atomic E-state index is 15.0. The average Bonchev–Trinajstić information content (AvgIpc) is 2.92. The van der Waals surface area contributed by atoms with E-state index in [1.54, 1.807) is 18.9 Å². The lowest BCUT2D eigenvalue weighted by molar-refractivity contribution is -0.120. The molecule has 2 amide bonds. The van der Waals surface area contributed by atoms with Crippen molar-refractivity contribution >= 4 is 30.2 Å². The molecule has 0 saturated carbocycles. The van der Waals surface area contributed by atoms with E-state index in [-0.39, 0.29) is 34.8 Å². The molecule has 1 unspecified atom stereocenters. The monoisotopic (exact) mass is 531 g/mol. The first kappa shape index (κ1) is 27.8. The van der Waals surface area contributed by atoms with Crippen LogP contribution in [-0.2, 0) is 9.59 Å². The number of para-hydroxylation sites is 1. The molecular weight excluding hydrogens is 497 g/mol. The van der Waals surface area contributed by atoms with Crippen molar-refractivity contribution in [3.05, 3.63) is 71.0 Å². The Labute approximate surface area is 228 Å². The van der Waals surface area contributed by atoms with E-state index in [9.17, 15) is 14.7 Å². The molecule has 9 heteroatoms. The summed E-state index contributed by atoms with van der Waals surface area (Å²) in [6, 6.07) is 13.5. The van der Waals surface area contributed by atoms with Gasteiger partial charge in [-0.1, -0.05) is 38.1 Å². The number of aliphatic imine (C=N–C) groups is 1. The molecule has 0 radical (unpaired) electrons. The molecule has 204 valence electrons. The van der Waals surface area contributed by atoms with Crippen LogP contribution in [0.5, 0.6) is 5.75 Å². The van der Waals surface area contributed by atoms with E-state index in [1.807, 2.05) is 51.1 Å². The Bertz CT molecular complexity index is 1390. The van der Waals surface area contributed by atoms with Gasteiger partial charge in [0.15, 0.2) is 5.82 Å².